The molecule has 1 aromatic carbocycles. The van der Waals surface area contributed by atoms with E-state index in [9.17, 15) is 5.11 Å². The van der Waals surface area contributed by atoms with Crippen molar-refractivity contribution in [3.05, 3.63) is 24.3 Å². The highest BCUT2D eigenvalue weighted by molar-refractivity contribution is 5.89. The molecule has 0 amide bonds. The van der Waals surface area contributed by atoms with Gasteiger partial charge in [0.1, 0.15) is 5.82 Å². The number of fused-ring (bicyclic) bond motifs is 1. The average molecular weight is 286 g/mol. The van der Waals surface area contributed by atoms with Gasteiger partial charge in [0.2, 0.25) is 5.95 Å². The van der Waals surface area contributed by atoms with Crippen LogP contribution in [0, 0.1) is 5.92 Å². The fourth-order valence-corrected chi connectivity index (χ4v) is 2.95. The fourth-order valence-electron chi connectivity index (χ4n) is 2.95. The number of nitrogens with two attached hydrogens (primary N) is 1. The first-order valence-electron chi connectivity index (χ1n) is 7.54. The Morgan fingerprint density at radius 1 is 1.29 bits per heavy atom. The normalized spacial score (nSPS) is 25.9. The van der Waals surface area contributed by atoms with Crippen LogP contribution in [0.1, 0.15) is 32.6 Å². The summed E-state index contributed by atoms with van der Waals surface area (Å²) < 4.78 is 0. The second-order valence-electron chi connectivity index (χ2n) is 6.21. The molecule has 0 atom stereocenters. The topological polar surface area (TPSA) is 84.1 Å². The van der Waals surface area contributed by atoms with E-state index in [-0.39, 0.29) is 5.95 Å². The molecule has 1 heterocycles. The van der Waals surface area contributed by atoms with Gasteiger partial charge in [-0.3, -0.25) is 0 Å². The standard InChI is InChI=1S/C16H22N4O/c1-11-6-8-16(21,9-7-11)10-18-14-12-4-2-3-5-13(12)19-15(17)20-14/h2-5,11,21H,6-10H2,1H3,(H3,17,18,19,20). The Bertz CT molecular complexity index is 635. The van der Waals surface area contributed by atoms with Crippen LogP contribution in [0.25, 0.3) is 10.9 Å². The number of benzene rings is 1. The molecule has 4 N–H and O–H groups in total. The van der Waals surface area contributed by atoms with Gasteiger partial charge in [0.05, 0.1) is 11.1 Å². The van der Waals surface area contributed by atoms with Crippen LogP contribution in [0.2, 0.25) is 0 Å². The van der Waals surface area contributed by atoms with Gasteiger partial charge in [-0.15, -0.1) is 0 Å². The number of rotatable bonds is 3. The molecule has 1 aliphatic rings. The number of nitrogens with zero attached hydrogens (tertiary/aromatic N) is 2. The first-order chi connectivity index (χ1) is 10.1. The zero-order chi connectivity index (χ0) is 14.9. The zero-order valence-electron chi connectivity index (χ0n) is 12.3. The lowest BCUT2D eigenvalue weighted by Gasteiger charge is -2.35. The Balaban J connectivity index is 1.79. The van der Waals surface area contributed by atoms with E-state index in [0.717, 1.165) is 36.6 Å². The Morgan fingerprint density at radius 2 is 2.00 bits per heavy atom. The van der Waals surface area contributed by atoms with E-state index in [4.69, 9.17) is 5.73 Å². The molecular weight excluding hydrogens is 264 g/mol. The third-order valence-electron chi connectivity index (χ3n) is 4.41. The first kappa shape index (κ1) is 14.1. The lowest BCUT2D eigenvalue weighted by molar-refractivity contribution is 0.00497. The molecule has 1 saturated carbocycles. The highest BCUT2D eigenvalue weighted by Crippen LogP contribution is 2.32. The minimum atomic E-state index is -0.646. The Kier molecular flexibility index (Phi) is 3.68. The van der Waals surface area contributed by atoms with Gasteiger partial charge < -0.3 is 16.2 Å². The predicted octanol–water partition coefficient (Wildman–Crippen LogP) is 2.57. The van der Waals surface area contributed by atoms with Gasteiger partial charge in [-0.2, -0.15) is 4.98 Å². The van der Waals surface area contributed by atoms with E-state index < -0.39 is 5.60 Å². The number of para-hydroxylation sites is 1. The summed E-state index contributed by atoms with van der Waals surface area (Å²) in [5, 5.41) is 14.9. The first-order valence-corrected chi connectivity index (χ1v) is 7.54. The van der Waals surface area contributed by atoms with Crippen molar-refractivity contribution in [3.63, 3.8) is 0 Å². The van der Waals surface area contributed by atoms with Crippen LogP contribution in [0.15, 0.2) is 24.3 Å². The number of nitrogen functional groups attached to an aromatic ring is 1. The van der Waals surface area contributed by atoms with Crippen molar-refractivity contribution in [2.45, 2.75) is 38.2 Å². The van der Waals surface area contributed by atoms with Gasteiger partial charge in [0.25, 0.3) is 0 Å². The van der Waals surface area contributed by atoms with E-state index in [1.54, 1.807) is 0 Å². The number of nitrogens with one attached hydrogen (secondary N) is 1. The quantitative estimate of drug-likeness (QED) is 0.807. The number of anilines is 2. The van der Waals surface area contributed by atoms with E-state index in [0.29, 0.717) is 18.3 Å². The highest BCUT2D eigenvalue weighted by Gasteiger charge is 2.31. The van der Waals surface area contributed by atoms with Crippen molar-refractivity contribution < 1.29 is 5.11 Å². The van der Waals surface area contributed by atoms with Crippen molar-refractivity contribution in [2.24, 2.45) is 5.92 Å². The molecule has 21 heavy (non-hydrogen) atoms. The van der Waals surface area contributed by atoms with Gasteiger partial charge in [0, 0.05) is 11.9 Å². The molecule has 1 aliphatic carbocycles. The number of aromatic nitrogens is 2. The lowest BCUT2D eigenvalue weighted by Crippen LogP contribution is -2.40. The summed E-state index contributed by atoms with van der Waals surface area (Å²) in [4.78, 5) is 8.50. The van der Waals surface area contributed by atoms with Gasteiger partial charge in [-0.1, -0.05) is 19.1 Å². The molecule has 112 valence electrons. The number of hydrogen-bond acceptors (Lipinski definition) is 5. The predicted molar refractivity (Wildman–Crippen MR) is 85.0 cm³/mol. The molecule has 5 nitrogen and oxygen atoms in total. The molecule has 0 bridgehead atoms. The monoisotopic (exact) mass is 286 g/mol. The van der Waals surface area contributed by atoms with Crippen LogP contribution in [-0.4, -0.2) is 27.2 Å². The summed E-state index contributed by atoms with van der Waals surface area (Å²) in [5.41, 5.74) is 5.93. The van der Waals surface area contributed by atoms with Crippen molar-refractivity contribution in [1.82, 2.24) is 9.97 Å². The van der Waals surface area contributed by atoms with Gasteiger partial charge in [-0.05, 0) is 43.7 Å². The molecule has 0 radical (unpaired) electrons. The van der Waals surface area contributed by atoms with E-state index in [2.05, 4.69) is 22.2 Å². The minimum absolute atomic E-state index is 0.250. The zero-order valence-corrected chi connectivity index (χ0v) is 12.3. The SMILES string of the molecule is CC1CCC(O)(CNc2nc(N)nc3ccccc23)CC1. The second-order valence-corrected chi connectivity index (χ2v) is 6.21. The maximum Gasteiger partial charge on any atom is 0.222 e. The van der Waals surface area contributed by atoms with Crippen molar-refractivity contribution in [2.75, 3.05) is 17.6 Å². The number of aliphatic hydroxyl groups is 1. The van der Waals surface area contributed by atoms with Crippen LogP contribution in [0.5, 0.6) is 0 Å². The van der Waals surface area contributed by atoms with Crippen LogP contribution in [0.3, 0.4) is 0 Å². The smallest absolute Gasteiger partial charge is 0.222 e. The molecule has 1 aromatic heterocycles. The van der Waals surface area contributed by atoms with Crippen molar-refractivity contribution >= 4 is 22.7 Å². The van der Waals surface area contributed by atoms with Gasteiger partial charge in [-0.25, -0.2) is 4.98 Å². The van der Waals surface area contributed by atoms with E-state index in [1.807, 2.05) is 24.3 Å². The maximum absolute atomic E-state index is 10.7. The Labute approximate surface area is 124 Å². The Hall–Kier alpha value is -1.88. The van der Waals surface area contributed by atoms with E-state index >= 15 is 0 Å². The summed E-state index contributed by atoms with van der Waals surface area (Å²) in [7, 11) is 0. The second kappa shape index (κ2) is 5.48. The van der Waals surface area contributed by atoms with Gasteiger partial charge >= 0.3 is 0 Å². The van der Waals surface area contributed by atoms with Crippen LogP contribution in [0.4, 0.5) is 11.8 Å². The minimum Gasteiger partial charge on any atom is -0.388 e. The molecule has 0 spiro atoms. The lowest BCUT2D eigenvalue weighted by atomic mass is 9.79. The van der Waals surface area contributed by atoms with Crippen molar-refractivity contribution in [1.29, 1.82) is 0 Å². The van der Waals surface area contributed by atoms with E-state index in [1.165, 1.54) is 0 Å². The van der Waals surface area contributed by atoms with Crippen LogP contribution < -0.4 is 11.1 Å². The Morgan fingerprint density at radius 3 is 2.76 bits per heavy atom. The third-order valence-corrected chi connectivity index (χ3v) is 4.41. The summed E-state index contributed by atoms with van der Waals surface area (Å²) in [5.74, 6) is 1.66. The summed E-state index contributed by atoms with van der Waals surface area (Å²) in [6.45, 7) is 2.74. The largest absolute Gasteiger partial charge is 0.388 e. The fraction of sp³-hybridized carbons (Fsp3) is 0.500. The molecule has 5 heteroatoms. The third kappa shape index (κ3) is 3.08. The molecule has 2 aromatic rings. The molecule has 3 rings (SSSR count). The number of hydrogen-bond donors (Lipinski definition) is 3. The van der Waals surface area contributed by atoms with Gasteiger partial charge in [0.15, 0.2) is 0 Å². The summed E-state index contributed by atoms with van der Waals surface area (Å²) in [6.07, 6.45) is 3.81. The molecular formula is C16H22N4O. The molecule has 0 saturated heterocycles. The van der Waals surface area contributed by atoms with Crippen molar-refractivity contribution in [3.8, 4) is 0 Å². The average Bonchev–Trinajstić information content (AvgIpc) is 2.48. The summed E-state index contributed by atoms with van der Waals surface area (Å²) in [6, 6.07) is 7.75. The molecule has 0 aliphatic heterocycles. The van der Waals surface area contributed by atoms with Crippen LogP contribution in [-0.2, 0) is 0 Å². The molecule has 1 fully saturated rings. The maximum atomic E-state index is 10.7. The van der Waals surface area contributed by atoms with Crippen LogP contribution >= 0.6 is 0 Å². The summed E-state index contributed by atoms with van der Waals surface area (Å²) >= 11 is 0. The highest BCUT2D eigenvalue weighted by atomic mass is 16.3. The molecule has 0 unspecified atom stereocenters.